The maximum absolute atomic E-state index is 13.5. The van der Waals surface area contributed by atoms with Crippen molar-refractivity contribution in [1.29, 1.82) is 0 Å². The molecule has 2 aromatic carbocycles. The molecule has 1 heterocycles. The second kappa shape index (κ2) is 9.54. The van der Waals surface area contributed by atoms with E-state index in [-0.39, 0.29) is 24.5 Å². The summed E-state index contributed by atoms with van der Waals surface area (Å²) in [5.74, 6) is -0.765. The van der Waals surface area contributed by atoms with Crippen molar-refractivity contribution in [2.75, 3.05) is 20.2 Å². The van der Waals surface area contributed by atoms with Gasteiger partial charge in [0.15, 0.2) is 0 Å². The number of hydrogen-bond acceptors (Lipinski definition) is 4. The van der Waals surface area contributed by atoms with Crippen LogP contribution in [0.5, 0.6) is 0 Å². The number of nitrogens with one attached hydrogen (secondary N) is 2. The van der Waals surface area contributed by atoms with E-state index in [9.17, 15) is 14.0 Å². The van der Waals surface area contributed by atoms with Gasteiger partial charge in [-0.3, -0.25) is 4.90 Å². The number of rotatable bonds is 7. The standard InChI is InChI=1S/C23H26FN3O3/c1-4-30-22(28)20-15(2)25-23(29)26-19(20)14-27(3)21(16-8-6-5-7-9-16)17-10-12-18(24)13-11-17/h5-13,15,21H,4,14H2,1-3H3,(H2,25,26,29)/t15-,21-/m1/s1. The highest BCUT2D eigenvalue weighted by atomic mass is 19.1. The van der Waals surface area contributed by atoms with E-state index in [2.05, 4.69) is 10.6 Å². The number of nitrogens with zero attached hydrogens (tertiary/aromatic N) is 1. The summed E-state index contributed by atoms with van der Waals surface area (Å²) in [6.45, 7) is 4.03. The van der Waals surface area contributed by atoms with Crippen LogP contribution in [0.25, 0.3) is 0 Å². The van der Waals surface area contributed by atoms with Crippen LogP contribution in [-0.2, 0) is 9.53 Å². The molecule has 2 aromatic rings. The Morgan fingerprint density at radius 3 is 2.40 bits per heavy atom. The van der Waals surface area contributed by atoms with Gasteiger partial charge in [-0.15, -0.1) is 0 Å². The molecule has 0 aromatic heterocycles. The number of urea groups is 1. The van der Waals surface area contributed by atoms with Crippen molar-refractivity contribution in [2.45, 2.75) is 25.9 Å². The second-order valence-electron chi connectivity index (χ2n) is 7.21. The van der Waals surface area contributed by atoms with Crippen molar-refractivity contribution in [2.24, 2.45) is 0 Å². The van der Waals surface area contributed by atoms with Crippen molar-refractivity contribution in [3.8, 4) is 0 Å². The summed E-state index contributed by atoms with van der Waals surface area (Å²) in [7, 11) is 1.90. The van der Waals surface area contributed by atoms with Gasteiger partial charge in [-0.1, -0.05) is 42.5 Å². The van der Waals surface area contributed by atoms with E-state index in [4.69, 9.17) is 4.74 Å². The topological polar surface area (TPSA) is 70.7 Å². The molecule has 0 spiro atoms. The van der Waals surface area contributed by atoms with Crippen LogP contribution in [0, 0.1) is 5.82 Å². The van der Waals surface area contributed by atoms with Gasteiger partial charge in [-0.05, 0) is 44.2 Å². The van der Waals surface area contributed by atoms with Gasteiger partial charge >= 0.3 is 12.0 Å². The summed E-state index contributed by atoms with van der Waals surface area (Å²) in [5.41, 5.74) is 2.80. The molecular formula is C23H26FN3O3. The molecule has 30 heavy (non-hydrogen) atoms. The highest BCUT2D eigenvalue weighted by Crippen LogP contribution is 2.29. The van der Waals surface area contributed by atoms with Gasteiger partial charge in [0.25, 0.3) is 0 Å². The van der Waals surface area contributed by atoms with Crippen molar-refractivity contribution in [3.63, 3.8) is 0 Å². The minimum atomic E-state index is -0.470. The Morgan fingerprint density at radius 1 is 1.13 bits per heavy atom. The molecule has 0 aliphatic carbocycles. The molecule has 1 aliphatic heterocycles. The summed E-state index contributed by atoms with van der Waals surface area (Å²) >= 11 is 0. The highest BCUT2D eigenvalue weighted by Gasteiger charge is 2.31. The molecule has 0 saturated heterocycles. The largest absolute Gasteiger partial charge is 0.463 e. The predicted octanol–water partition coefficient (Wildman–Crippen LogP) is 3.37. The third kappa shape index (κ3) is 4.86. The van der Waals surface area contributed by atoms with Crippen LogP contribution in [0.15, 0.2) is 65.9 Å². The second-order valence-corrected chi connectivity index (χ2v) is 7.21. The van der Waals surface area contributed by atoms with Crippen LogP contribution in [0.4, 0.5) is 9.18 Å². The zero-order chi connectivity index (χ0) is 21.7. The van der Waals surface area contributed by atoms with Crippen LogP contribution in [0.2, 0.25) is 0 Å². The van der Waals surface area contributed by atoms with E-state index >= 15 is 0 Å². The summed E-state index contributed by atoms with van der Waals surface area (Å²) in [6.07, 6.45) is 0. The predicted molar refractivity (Wildman–Crippen MR) is 112 cm³/mol. The molecule has 0 fully saturated rings. The Bertz CT molecular complexity index is 928. The third-order valence-electron chi connectivity index (χ3n) is 5.01. The quantitative estimate of drug-likeness (QED) is 0.686. The average molecular weight is 411 g/mol. The summed E-state index contributed by atoms with van der Waals surface area (Å²) in [4.78, 5) is 26.6. The average Bonchev–Trinajstić information content (AvgIpc) is 2.70. The van der Waals surface area contributed by atoms with E-state index in [1.165, 1.54) is 12.1 Å². The third-order valence-corrected chi connectivity index (χ3v) is 5.01. The molecule has 1 aliphatic rings. The first-order chi connectivity index (χ1) is 14.4. The molecule has 0 saturated carbocycles. The van der Waals surface area contributed by atoms with Crippen molar-refractivity contribution in [1.82, 2.24) is 15.5 Å². The Balaban J connectivity index is 1.98. The first-order valence-corrected chi connectivity index (χ1v) is 9.89. The molecule has 2 amide bonds. The van der Waals surface area contributed by atoms with Crippen LogP contribution in [-0.4, -0.2) is 43.1 Å². The van der Waals surface area contributed by atoms with Gasteiger partial charge in [0.1, 0.15) is 5.82 Å². The molecule has 0 unspecified atom stereocenters. The first kappa shape index (κ1) is 21.5. The fourth-order valence-corrected chi connectivity index (χ4v) is 3.73. The fraction of sp³-hybridized carbons (Fsp3) is 0.304. The minimum Gasteiger partial charge on any atom is -0.463 e. The van der Waals surface area contributed by atoms with Gasteiger partial charge in [0, 0.05) is 12.2 Å². The van der Waals surface area contributed by atoms with Crippen LogP contribution >= 0.6 is 0 Å². The molecule has 2 N–H and O–H groups in total. The number of carbonyl (C=O) groups is 2. The molecular weight excluding hydrogens is 385 g/mol. The summed E-state index contributed by atoms with van der Waals surface area (Å²) in [5, 5.41) is 5.46. The number of hydrogen-bond donors (Lipinski definition) is 2. The lowest BCUT2D eigenvalue weighted by atomic mass is 9.96. The lowest BCUT2D eigenvalue weighted by molar-refractivity contribution is -0.139. The normalized spacial score (nSPS) is 17.4. The van der Waals surface area contributed by atoms with E-state index in [0.717, 1.165) is 11.1 Å². The molecule has 0 bridgehead atoms. The van der Waals surface area contributed by atoms with Crippen LogP contribution in [0.1, 0.15) is 31.0 Å². The molecule has 3 rings (SSSR count). The number of ether oxygens (including phenoxy) is 1. The maximum Gasteiger partial charge on any atom is 0.337 e. The number of amides is 2. The van der Waals surface area contributed by atoms with E-state index < -0.39 is 12.0 Å². The van der Waals surface area contributed by atoms with Crippen molar-refractivity contribution in [3.05, 3.63) is 82.8 Å². The van der Waals surface area contributed by atoms with Crippen molar-refractivity contribution < 1.29 is 18.7 Å². The van der Waals surface area contributed by atoms with E-state index in [1.807, 2.05) is 42.3 Å². The number of carbonyl (C=O) groups excluding carboxylic acids is 2. The van der Waals surface area contributed by atoms with Crippen molar-refractivity contribution >= 4 is 12.0 Å². The zero-order valence-electron chi connectivity index (χ0n) is 17.3. The molecule has 2 atom stereocenters. The number of halogens is 1. The van der Waals surface area contributed by atoms with Crippen LogP contribution in [0.3, 0.4) is 0 Å². The molecule has 158 valence electrons. The Kier molecular flexibility index (Phi) is 6.84. The first-order valence-electron chi connectivity index (χ1n) is 9.89. The Labute approximate surface area is 175 Å². The smallest absolute Gasteiger partial charge is 0.337 e. The van der Waals surface area contributed by atoms with E-state index in [1.54, 1.807) is 26.0 Å². The molecule has 6 nitrogen and oxygen atoms in total. The lowest BCUT2D eigenvalue weighted by Gasteiger charge is -2.33. The lowest BCUT2D eigenvalue weighted by Crippen LogP contribution is -2.51. The SMILES string of the molecule is CCOC(=O)C1=C(CN(C)[C@H](c2ccccc2)c2ccc(F)cc2)NC(=O)N[C@@H]1C. The van der Waals surface area contributed by atoms with Gasteiger partial charge in [-0.25, -0.2) is 14.0 Å². The summed E-state index contributed by atoms with van der Waals surface area (Å²) < 4.78 is 18.7. The van der Waals surface area contributed by atoms with Gasteiger partial charge < -0.3 is 15.4 Å². The van der Waals surface area contributed by atoms with Crippen LogP contribution < -0.4 is 10.6 Å². The number of likely N-dealkylation sites (N-methyl/N-ethyl adjacent to an activating group) is 1. The monoisotopic (exact) mass is 411 g/mol. The Hall–Kier alpha value is -3.19. The summed E-state index contributed by atoms with van der Waals surface area (Å²) in [6, 6.07) is 15.1. The fourth-order valence-electron chi connectivity index (χ4n) is 3.73. The minimum absolute atomic E-state index is 0.204. The highest BCUT2D eigenvalue weighted by molar-refractivity contribution is 5.94. The number of esters is 1. The zero-order valence-corrected chi connectivity index (χ0v) is 17.3. The molecule has 7 heteroatoms. The van der Waals surface area contributed by atoms with Gasteiger partial charge in [0.2, 0.25) is 0 Å². The Morgan fingerprint density at radius 2 is 1.77 bits per heavy atom. The maximum atomic E-state index is 13.5. The molecule has 0 radical (unpaired) electrons. The number of benzene rings is 2. The van der Waals surface area contributed by atoms with E-state index in [0.29, 0.717) is 17.8 Å². The van der Waals surface area contributed by atoms with Gasteiger partial charge in [-0.2, -0.15) is 0 Å². The van der Waals surface area contributed by atoms with Gasteiger partial charge in [0.05, 0.1) is 24.3 Å².